The van der Waals surface area contributed by atoms with Crippen LogP contribution in [0.4, 0.5) is 0 Å². The zero-order valence-electron chi connectivity index (χ0n) is 9.21. The van der Waals surface area contributed by atoms with Gasteiger partial charge in [0, 0.05) is 18.8 Å². The van der Waals surface area contributed by atoms with Gasteiger partial charge in [0.2, 0.25) is 0 Å². The molecule has 1 aliphatic rings. The first kappa shape index (κ1) is 12.2. The van der Waals surface area contributed by atoms with Crippen LogP contribution in [0, 0.1) is 5.92 Å². The number of carbonyl (C=O) groups is 2. The summed E-state index contributed by atoms with van der Waals surface area (Å²) in [5, 5.41) is 8.43. The van der Waals surface area contributed by atoms with Crippen LogP contribution in [0.15, 0.2) is 0 Å². The molecule has 1 aliphatic carbocycles. The van der Waals surface area contributed by atoms with E-state index in [0.29, 0.717) is 24.5 Å². The second-order valence-electron chi connectivity index (χ2n) is 4.40. The summed E-state index contributed by atoms with van der Waals surface area (Å²) >= 11 is 0. The zero-order valence-corrected chi connectivity index (χ0v) is 9.21. The minimum Gasteiger partial charge on any atom is -0.481 e. The molecule has 1 fully saturated rings. The van der Waals surface area contributed by atoms with Gasteiger partial charge >= 0.3 is 5.97 Å². The van der Waals surface area contributed by atoms with E-state index in [1.807, 2.05) is 0 Å². The fraction of sp³-hybridized carbons (Fsp3) is 0.833. The summed E-state index contributed by atoms with van der Waals surface area (Å²) in [6.45, 7) is 0. The summed E-state index contributed by atoms with van der Waals surface area (Å²) in [7, 11) is 0. The SMILES string of the molecule is O=C(O)CCCCCC(=O)C1CCCC1. The van der Waals surface area contributed by atoms with Crippen molar-refractivity contribution in [2.75, 3.05) is 0 Å². The summed E-state index contributed by atoms with van der Waals surface area (Å²) in [4.78, 5) is 21.9. The molecule has 0 amide bonds. The van der Waals surface area contributed by atoms with Gasteiger partial charge in [0.1, 0.15) is 5.78 Å². The second-order valence-corrected chi connectivity index (χ2v) is 4.40. The highest BCUT2D eigenvalue weighted by atomic mass is 16.4. The second kappa shape index (κ2) is 6.59. The quantitative estimate of drug-likeness (QED) is 0.660. The van der Waals surface area contributed by atoms with Gasteiger partial charge in [-0.1, -0.05) is 19.3 Å². The topological polar surface area (TPSA) is 54.4 Å². The van der Waals surface area contributed by atoms with Crippen molar-refractivity contribution in [1.29, 1.82) is 0 Å². The maximum Gasteiger partial charge on any atom is 0.303 e. The van der Waals surface area contributed by atoms with E-state index in [-0.39, 0.29) is 6.42 Å². The lowest BCUT2D eigenvalue weighted by Crippen LogP contribution is -2.10. The molecule has 0 aromatic carbocycles. The van der Waals surface area contributed by atoms with E-state index in [2.05, 4.69) is 0 Å². The number of rotatable bonds is 7. The molecule has 1 rings (SSSR count). The maximum absolute atomic E-state index is 11.6. The molecule has 1 saturated carbocycles. The number of carboxylic acid groups (broad SMARTS) is 1. The molecule has 0 aromatic rings. The molecule has 0 aliphatic heterocycles. The molecule has 0 radical (unpaired) electrons. The van der Waals surface area contributed by atoms with Crippen molar-refractivity contribution in [1.82, 2.24) is 0 Å². The molecule has 0 aromatic heterocycles. The Morgan fingerprint density at radius 3 is 2.20 bits per heavy atom. The van der Waals surface area contributed by atoms with Gasteiger partial charge in [0.15, 0.2) is 0 Å². The molecule has 3 heteroatoms. The van der Waals surface area contributed by atoms with Gasteiger partial charge < -0.3 is 5.11 Å². The average molecular weight is 212 g/mol. The number of carboxylic acids is 1. The van der Waals surface area contributed by atoms with Crippen LogP contribution < -0.4 is 0 Å². The fourth-order valence-electron chi connectivity index (χ4n) is 2.20. The van der Waals surface area contributed by atoms with Crippen molar-refractivity contribution in [3.63, 3.8) is 0 Å². The Balaban J connectivity index is 1.99. The Hall–Kier alpha value is -0.860. The Bertz CT molecular complexity index is 217. The van der Waals surface area contributed by atoms with Crippen LogP contribution in [0.25, 0.3) is 0 Å². The number of unbranched alkanes of at least 4 members (excludes halogenated alkanes) is 2. The van der Waals surface area contributed by atoms with Gasteiger partial charge in [-0.2, -0.15) is 0 Å². The van der Waals surface area contributed by atoms with Gasteiger partial charge in [-0.25, -0.2) is 0 Å². The van der Waals surface area contributed by atoms with E-state index in [1.165, 1.54) is 12.8 Å². The van der Waals surface area contributed by atoms with Crippen LogP contribution in [0.3, 0.4) is 0 Å². The zero-order chi connectivity index (χ0) is 11.1. The van der Waals surface area contributed by atoms with Crippen LogP contribution in [0.1, 0.15) is 57.8 Å². The third-order valence-electron chi connectivity index (χ3n) is 3.12. The predicted octanol–water partition coefficient (Wildman–Crippen LogP) is 2.78. The van der Waals surface area contributed by atoms with Crippen molar-refractivity contribution in [2.24, 2.45) is 5.92 Å². The van der Waals surface area contributed by atoms with Crippen molar-refractivity contribution < 1.29 is 14.7 Å². The van der Waals surface area contributed by atoms with Crippen LogP contribution >= 0.6 is 0 Å². The van der Waals surface area contributed by atoms with Gasteiger partial charge in [0.05, 0.1) is 0 Å². The van der Waals surface area contributed by atoms with E-state index < -0.39 is 5.97 Å². The molecule has 0 saturated heterocycles. The lowest BCUT2D eigenvalue weighted by Gasteiger charge is -2.06. The van der Waals surface area contributed by atoms with E-state index in [1.54, 1.807) is 0 Å². The largest absolute Gasteiger partial charge is 0.481 e. The monoisotopic (exact) mass is 212 g/mol. The number of ketones is 1. The Labute approximate surface area is 90.9 Å². The molecule has 86 valence electrons. The molecule has 1 N–H and O–H groups in total. The highest BCUT2D eigenvalue weighted by Gasteiger charge is 2.21. The number of Topliss-reactive ketones (excluding diaryl/α,β-unsaturated/α-hetero) is 1. The van der Waals surface area contributed by atoms with Crippen LogP contribution in [-0.2, 0) is 9.59 Å². The highest BCUT2D eigenvalue weighted by molar-refractivity contribution is 5.81. The smallest absolute Gasteiger partial charge is 0.303 e. The molecule has 0 spiro atoms. The number of hydrogen-bond donors (Lipinski definition) is 1. The summed E-state index contributed by atoms with van der Waals surface area (Å²) < 4.78 is 0. The maximum atomic E-state index is 11.6. The third kappa shape index (κ3) is 4.96. The van der Waals surface area contributed by atoms with Crippen molar-refractivity contribution >= 4 is 11.8 Å². The minimum absolute atomic E-state index is 0.234. The lowest BCUT2D eigenvalue weighted by molar-refractivity contribution is -0.137. The van der Waals surface area contributed by atoms with Gasteiger partial charge in [-0.15, -0.1) is 0 Å². The fourth-order valence-corrected chi connectivity index (χ4v) is 2.20. The van der Waals surface area contributed by atoms with Crippen molar-refractivity contribution in [3.05, 3.63) is 0 Å². The third-order valence-corrected chi connectivity index (χ3v) is 3.12. The summed E-state index contributed by atoms with van der Waals surface area (Å²) in [6.07, 6.45) is 7.88. The van der Waals surface area contributed by atoms with Crippen LogP contribution in [0.5, 0.6) is 0 Å². The Kier molecular flexibility index (Phi) is 5.37. The first-order valence-electron chi connectivity index (χ1n) is 5.94. The number of hydrogen-bond acceptors (Lipinski definition) is 2. The lowest BCUT2D eigenvalue weighted by atomic mass is 9.97. The van der Waals surface area contributed by atoms with E-state index in [9.17, 15) is 9.59 Å². The van der Waals surface area contributed by atoms with Crippen molar-refractivity contribution in [3.8, 4) is 0 Å². The Morgan fingerprint density at radius 1 is 1.00 bits per heavy atom. The first-order chi connectivity index (χ1) is 7.20. The van der Waals surface area contributed by atoms with Crippen molar-refractivity contribution in [2.45, 2.75) is 57.8 Å². The minimum atomic E-state index is -0.739. The standard InChI is InChI=1S/C12H20O3/c13-11(10-6-4-5-7-10)8-2-1-3-9-12(14)15/h10H,1-9H2,(H,14,15). The molecule has 3 nitrogen and oxygen atoms in total. The van der Waals surface area contributed by atoms with Gasteiger partial charge in [-0.3, -0.25) is 9.59 Å². The van der Waals surface area contributed by atoms with E-state index >= 15 is 0 Å². The predicted molar refractivity (Wildman–Crippen MR) is 57.7 cm³/mol. The van der Waals surface area contributed by atoms with Gasteiger partial charge in [0.25, 0.3) is 0 Å². The Morgan fingerprint density at radius 2 is 1.60 bits per heavy atom. The molecule has 0 unspecified atom stereocenters. The van der Waals surface area contributed by atoms with E-state index in [0.717, 1.165) is 25.7 Å². The molecule has 0 atom stereocenters. The summed E-state index contributed by atoms with van der Waals surface area (Å²) in [5.41, 5.74) is 0. The highest BCUT2D eigenvalue weighted by Crippen LogP contribution is 2.26. The van der Waals surface area contributed by atoms with Crippen LogP contribution in [-0.4, -0.2) is 16.9 Å². The first-order valence-corrected chi connectivity index (χ1v) is 5.94. The summed E-state index contributed by atoms with van der Waals surface area (Å²) in [5.74, 6) is -0.00980. The summed E-state index contributed by atoms with van der Waals surface area (Å²) in [6, 6.07) is 0. The molecular weight excluding hydrogens is 192 g/mol. The normalized spacial score (nSPS) is 16.8. The molecule has 15 heavy (non-hydrogen) atoms. The van der Waals surface area contributed by atoms with Crippen LogP contribution in [0.2, 0.25) is 0 Å². The van der Waals surface area contributed by atoms with Gasteiger partial charge in [-0.05, 0) is 25.7 Å². The molecule has 0 heterocycles. The number of carbonyl (C=O) groups excluding carboxylic acids is 1. The molecule has 0 bridgehead atoms. The number of aliphatic carboxylic acids is 1. The van der Waals surface area contributed by atoms with E-state index in [4.69, 9.17) is 5.11 Å². The average Bonchev–Trinajstić information content (AvgIpc) is 2.69. The molecular formula is C12H20O3.